The molecule has 3 N–H and O–H groups in total. The quantitative estimate of drug-likeness (QED) is 0.716. The maximum atomic E-state index is 12.1. The van der Waals surface area contributed by atoms with Crippen LogP contribution in [0.5, 0.6) is 5.75 Å². The van der Waals surface area contributed by atoms with Gasteiger partial charge in [0.2, 0.25) is 0 Å². The number of rotatable bonds is 7. The molecule has 0 spiro atoms. The van der Waals surface area contributed by atoms with Crippen molar-refractivity contribution < 1.29 is 27.8 Å². The first kappa shape index (κ1) is 19.1. The molecule has 0 saturated heterocycles. The van der Waals surface area contributed by atoms with E-state index in [1.165, 1.54) is 24.3 Å². The molecule has 1 rings (SSSR count). The number of ether oxygens (including phenoxy) is 1. The predicted octanol–water partition coefficient (Wildman–Crippen LogP) is 3.30. The molecular formula is C15H21F3N2O3. The molecule has 0 saturated carbocycles. The maximum absolute atomic E-state index is 12.1. The Balaban J connectivity index is 2.64. The second-order valence-electron chi connectivity index (χ2n) is 5.40. The topological polar surface area (TPSA) is 70.6 Å². The summed E-state index contributed by atoms with van der Waals surface area (Å²) in [6, 6.07) is 5.19. The molecule has 0 radical (unpaired) electrons. The van der Waals surface area contributed by atoms with E-state index in [2.05, 4.69) is 15.4 Å². The van der Waals surface area contributed by atoms with E-state index >= 15 is 0 Å². The van der Waals surface area contributed by atoms with E-state index in [0.29, 0.717) is 18.5 Å². The lowest BCUT2D eigenvalue weighted by atomic mass is 9.95. The number of benzene rings is 1. The zero-order valence-corrected chi connectivity index (χ0v) is 13.0. The first-order valence-corrected chi connectivity index (χ1v) is 7.17. The molecule has 0 aliphatic heterocycles. The third-order valence-corrected chi connectivity index (χ3v) is 3.35. The molecule has 5 nitrogen and oxygen atoms in total. The van der Waals surface area contributed by atoms with Gasteiger partial charge in [0, 0.05) is 23.9 Å². The molecule has 130 valence electrons. The van der Waals surface area contributed by atoms with E-state index in [1.807, 2.05) is 6.92 Å². The van der Waals surface area contributed by atoms with Crippen LogP contribution in [0, 0.1) is 0 Å². The molecule has 0 bridgehead atoms. The number of nitrogens with one attached hydrogen (secondary N) is 2. The van der Waals surface area contributed by atoms with Crippen molar-refractivity contribution in [2.24, 2.45) is 0 Å². The lowest BCUT2D eigenvalue weighted by molar-refractivity contribution is -0.153. The molecule has 0 fully saturated rings. The van der Waals surface area contributed by atoms with Crippen molar-refractivity contribution in [1.29, 1.82) is 0 Å². The zero-order chi connectivity index (χ0) is 17.5. The Kier molecular flexibility index (Phi) is 6.68. The van der Waals surface area contributed by atoms with Crippen molar-refractivity contribution in [3.05, 3.63) is 24.3 Å². The van der Waals surface area contributed by atoms with Crippen molar-refractivity contribution in [2.45, 2.75) is 38.4 Å². The number of anilines is 1. The molecule has 8 heteroatoms. The average molecular weight is 334 g/mol. The number of carbonyl (C=O) groups excluding carboxylic acids is 1. The van der Waals surface area contributed by atoms with Crippen molar-refractivity contribution in [1.82, 2.24) is 5.32 Å². The number of aliphatic hydroxyl groups excluding tert-OH is 1. The van der Waals surface area contributed by atoms with E-state index in [9.17, 15) is 18.0 Å². The van der Waals surface area contributed by atoms with Crippen LogP contribution < -0.4 is 15.4 Å². The summed E-state index contributed by atoms with van der Waals surface area (Å²) in [7, 11) is 0. The van der Waals surface area contributed by atoms with Crippen molar-refractivity contribution in [3.63, 3.8) is 0 Å². The molecule has 1 unspecified atom stereocenters. The third kappa shape index (κ3) is 7.23. The van der Waals surface area contributed by atoms with Crippen molar-refractivity contribution in [3.8, 4) is 5.75 Å². The van der Waals surface area contributed by atoms with Crippen molar-refractivity contribution in [2.75, 3.05) is 18.5 Å². The minimum atomic E-state index is -4.42. The molecule has 2 amide bonds. The highest BCUT2D eigenvalue weighted by Crippen LogP contribution is 2.21. The highest BCUT2D eigenvalue weighted by molar-refractivity contribution is 5.89. The van der Waals surface area contributed by atoms with Crippen LogP contribution in [0.2, 0.25) is 0 Å². The van der Waals surface area contributed by atoms with Gasteiger partial charge in [0.15, 0.2) is 6.61 Å². The second-order valence-corrected chi connectivity index (χ2v) is 5.40. The van der Waals surface area contributed by atoms with Gasteiger partial charge < -0.3 is 20.5 Å². The van der Waals surface area contributed by atoms with Crippen molar-refractivity contribution >= 4 is 11.7 Å². The Morgan fingerprint density at radius 1 is 1.35 bits per heavy atom. The summed E-state index contributed by atoms with van der Waals surface area (Å²) in [5.41, 5.74) is -0.256. The molecule has 1 aromatic rings. The highest BCUT2D eigenvalue weighted by atomic mass is 19.4. The van der Waals surface area contributed by atoms with E-state index in [4.69, 9.17) is 5.11 Å². The molecule has 0 aliphatic rings. The van der Waals surface area contributed by atoms with Crippen LogP contribution in [0.4, 0.5) is 23.7 Å². The van der Waals surface area contributed by atoms with Gasteiger partial charge in [-0.05, 0) is 31.9 Å². The molecule has 1 aromatic carbocycles. The van der Waals surface area contributed by atoms with Gasteiger partial charge in [-0.3, -0.25) is 0 Å². The Morgan fingerprint density at radius 3 is 2.61 bits per heavy atom. The third-order valence-electron chi connectivity index (χ3n) is 3.35. The summed E-state index contributed by atoms with van der Waals surface area (Å²) in [4.78, 5) is 12.0. The van der Waals surface area contributed by atoms with Crippen LogP contribution in [-0.2, 0) is 0 Å². The summed E-state index contributed by atoms with van der Waals surface area (Å²) in [6.45, 7) is 2.21. The number of hydrogen-bond donors (Lipinski definition) is 3. The smallest absolute Gasteiger partial charge is 0.422 e. The van der Waals surface area contributed by atoms with Crippen LogP contribution in [0.1, 0.15) is 26.7 Å². The summed E-state index contributed by atoms with van der Waals surface area (Å²) in [5, 5.41) is 14.3. The Labute approximate surface area is 132 Å². The van der Waals surface area contributed by atoms with Gasteiger partial charge in [-0.15, -0.1) is 0 Å². The fourth-order valence-corrected chi connectivity index (χ4v) is 1.84. The molecule has 23 heavy (non-hydrogen) atoms. The lowest BCUT2D eigenvalue weighted by Crippen LogP contribution is -2.48. The number of amides is 2. The number of hydrogen-bond acceptors (Lipinski definition) is 3. The second kappa shape index (κ2) is 8.05. The SMILES string of the molecule is CCC(C)(CCO)NC(=O)Nc1cccc(OCC(F)(F)F)c1. The molecule has 1 atom stereocenters. The van der Waals surface area contributed by atoms with Gasteiger partial charge >= 0.3 is 12.2 Å². The first-order valence-electron chi connectivity index (χ1n) is 7.17. The van der Waals surface area contributed by atoms with Crippen LogP contribution in [0.25, 0.3) is 0 Å². The Morgan fingerprint density at radius 2 is 2.04 bits per heavy atom. The summed E-state index contributed by atoms with van der Waals surface area (Å²) < 4.78 is 41.0. The number of urea groups is 1. The van der Waals surface area contributed by atoms with Gasteiger partial charge in [-0.1, -0.05) is 13.0 Å². The minimum absolute atomic E-state index is 0.00809. The Hall–Kier alpha value is -1.96. The molecular weight excluding hydrogens is 313 g/mol. The molecule has 0 aromatic heterocycles. The number of aliphatic hydroxyl groups is 1. The van der Waals surface area contributed by atoms with Crippen LogP contribution >= 0.6 is 0 Å². The number of carbonyl (C=O) groups is 1. The van der Waals surface area contributed by atoms with Gasteiger partial charge in [0.1, 0.15) is 5.75 Å². The lowest BCUT2D eigenvalue weighted by Gasteiger charge is -2.29. The summed E-state index contributed by atoms with van der Waals surface area (Å²) in [6.07, 6.45) is -3.41. The van der Waals surface area contributed by atoms with Crippen LogP contribution in [0.3, 0.4) is 0 Å². The average Bonchev–Trinajstić information content (AvgIpc) is 2.45. The minimum Gasteiger partial charge on any atom is -0.484 e. The monoisotopic (exact) mass is 334 g/mol. The van der Waals surface area contributed by atoms with Crippen LogP contribution in [-0.4, -0.2) is 36.1 Å². The molecule has 0 aliphatic carbocycles. The number of alkyl halides is 3. The number of halogens is 3. The van der Waals surface area contributed by atoms with Gasteiger partial charge in [0.05, 0.1) is 0 Å². The largest absolute Gasteiger partial charge is 0.484 e. The fraction of sp³-hybridized carbons (Fsp3) is 0.533. The van der Waals surface area contributed by atoms with E-state index in [0.717, 1.165) is 0 Å². The summed E-state index contributed by atoms with van der Waals surface area (Å²) >= 11 is 0. The van der Waals surface area contributed by atoms with Crippen LogP contribution in [0.15, 0.2) is 24.3 Å². The molecule has 0 heterocycles. The first-order chi connectivity index (χ1) is 10.7. The maximum Gasteiger partial charge on any atom is 0.422 e. The van der Waals surface area contributed by atoms with E-state index in [1.54, 1.807) is 6.92 Å². The van der Waals surface area contributed by atoms with Gasteiger partial charge in [0.25, 0.3) is 0 Å². The Bertz CT molecular complexity index is 523. The summed E-state index contributed by atoms with van der Waals surface area (Å²) in [5.74, 6) is 0.00809. The predicted molar refractivity (Wildman–Crippen MR) is 80.5 cm³/mol. The normalized spacial score (nSPS) is 14.0. The van der Waals surface area contributed by atoms with E-state index in [-0.39, 0.29) is 12.4 Å². The standard InChI is InChI=1S/C15H21F3N2O3/c1-3-14(2,7-8-21)20-13(22)19-11-5-4-6-12(9-11)23-10-15(16,17)18/h4-6,9,21H,3,7-8,10H2,1-2H3,(H2,19,20,22). The van der Waals surface area contributed by atoms with Gasteiger partial charge in [-0.2, -0.15) is 13.2 Å². The fourth-order valence-electron chi connectivity index (χ4n) is 1.84. The van der Waals surface area contributed by atoms with E-state index < -0.39 is 24.4 Å². The van der Waals surface area contributed by atoms with Gasteiger partial charge in [-0.25, -0.2) is 4.79 Å². The highest BCUT2D eigenvalue weighted by Gasteiger charge is 2.28. The zero-order valence-electron chi connectivity index (χ0n) is 13.0.